The monoisotopic (exact) mass is 396 g/mol. The van der Waals surface area contributed by atoms with Gasteiger partial charge in [0.2, 0.25) is 5.88 Å². The topological polar surface area (TPSA) is 67.8 Å². The smallest absolute Gasteiger partial charge is 0.218 e. The second-order valence-corrected chi connectivity index (χ2v) is 7.36. The molecule has 0 atom stereocenters. The van der Waals surface area contributed by atoms with Crippen LogP contribution in [0, 0.1) is 0 Å². The summed E-state index contributed by atoms with van der Waals surface area (Å²) in [6, 6.07) is 14.7. The summed E-state index contributed by atoms with van der Waals surface area (Å²) in [5, 5.41) is 6.92. The molecule has 1 aliphatic carbocycles. The molecule has 0 unspecified atom stereocenters. The highest BCUT2D eigenvalue weighted by Crippen LogP contribution is 2.43. The van der Waals surface area contributed by atoms with Gasteiger partial charge in [0.25, 0.3) is 0 Å². The largest absolute Gasteiger partial charge is 0.475 e. The zero-order valence-corrected chi connectivity index (χ0v) is 17.5. The molecule has 0 bridgehead atoms. The Kier molecular flexibility index (Phi) is 7.87. The van der Waals surface area contributed by atoms with E-state index in [1.807, 2.05) is 12.1 Å². The third kappa shape index (κ3) is 5.70. The number of hydrogen-bond donors (Lipinski definition) is 2. The molecule has 0 radical (unpaired) electrons. The number of nitrogens with zero attached hydrogens (tertiary/aromatic N) is 2. The minimum atomic E-state index is 0.209. The molecular formula is C23H32N4O2. The fourth-order valence-electron chi connectivity index (χ4n) is 3.62. The van der Waals surface area contributed by atoms with Crippen LogP contribution in [0.3, 0.4) is 0 Å². The quantitative estimate of drug-likeness (QED) is 0.366. The fraction of sp³-hybridized carbons (Fsp3) is 0.478. The van der Waals surface area contributed by atoms with Gasteiger partial charge in [0.05, 0.1) is 13.2 Å². The van der Waals surface area contributed by atoms with E-state index in [-0.39, 0.29) is 5.41 Å². The first-order valence-electron chi connectivity index (χ1n) is 10.4. The second kappa shape index (κ2) is 10.8. The van der Waals surface area contributed by atoms with E-state index < -0.39 is 0 Å². The normalized spacial score (nSPS) is 15.4. The van der Waals surface area contributed by atoms with Gasteiger partial charge in [-0.2, -0.15) is 0 Å². The summed E-state index contributed by atoms with van der Waals surface area (Å²) < 4.78 is 10.8. The molecule has 1 aromatic heterocycles. The van der Waals surface area contributed by atoms with E-state index in [4.69, 9.17) is 14.5 Å². The van der Waals surface area contributed by atoms with Gasteiger partial charge in [0.15, 0.2) is 5.96 Å². The van der Waals surface area contributed by atoms with E-state index in [2.05, 4.69) is 52.9 Å². The van der Waals surface area contributed by atoms with Crippen LogP contribution < -0.4 is 15.4 Å². The molecule has 6 heteroatoms. The average molecular weight is 397 g/mol. The minimum Gasteiger partial charge on any atom is -0.475 e. The Morgan fingerprint density at radius 2 is 1.93 bits per heavy atom. The van der Waals surface area contributed by atoms with Crippen molar-refractivity contribution in [3.63, 3.8) is 0 Å². The van der Waals surface area contributed by atoms with Crippen molar-refractivity contribution in [2.24, 2.45) is 4.99 Å². The first-order chi connectivity index (χ1) is 14.3. The first-order valence-corrected chi connectivity index (χ1v) is 10.4. The van der Waals surface area contributed by atoms with Crippen LogP contribution in [0.5, 0.6) is 5.88 Å². The van der Waals surface area contributed by atoms with Gasteiger partial charge in [-0.25, -0.2) is 9.98 Å². The number of benzene rings is 1. The van der Waals surface area contributed by atoms with Crippen molar-refractivity contribution < 1.29 is 9.47 Å². The molecule has 0 aliphatic heterocycles. The number of ether oxygens (including phenoxy) is 2. The summed E-state index contributed by atoms with van der Waals surface area (Å²) in [5.41, 5.74) is 2.58. The summed E-state index contributed by atoms with van der Waals surface area (Å²) in [5.74, 6) is 1.44. The molecule has 0 spiro atoms. The average Bonchev–Trinajstić information content (AvgIpc) is 2.73. The van der Waals surface area contributed by atoms with Gasteiger partial charge in [-0.3, -0.25) is 0 Å². The van der Waals surface area contributed by atoms with E-state index in [9.17, 15) is 0 Å². The van der Waals surface area contributed by atoms with Crippen LogP contribution in [0.15, 0.2) is 53.7 Å². The maximum Gasteiger partial charge on any atom is 0.218 e. The number of rotatable bonds is 10. The number of aliphatic imine (C=N–C) groups is 1. The van der Waals surface area contributed by atoms with Crippen LogP contribution in [-0.4, -0.2) is 44.4 Å². The van der Waals surface area contributed by atoms with Gasteiger partial charge in [0, 0.05) is 37.4 Å². The predicted octanol–water partition coefficient (Wildman–Crippen LogP) is 3.28. The Bertz CT molecular complexity index is 775. The SMILES string of the molecule is CCNC(=NCc1cccnc1OCCOC)NCC1(c2ccccc2)CCC1. The van der Waals surface area contributed by atoms with Crippen molar-refractivity contribution in [3.05, 3.63) is 59.8 Å². The molecular weight excluding hydrogens is 364 g/mol. The Labute approximate surface area is 173 Å². The van der Waals surface area contributed by atoms with Gasteiger partial charge in [-0.1, -0.05) is 42.8 Å². The molecule has 0 amide bonds. The van der Waals surface area contributed by atoms with Gasteiger partial charge in [0.1, 0.15) is 6.61 Å². The van der Waals surface area contributed by atoms with Crippen LogP contribution in [0.25, 0.3) is 0 Å². The van der Waals surface area contributed by atoms with Crippen molar-refractivity contribution in [2.75, 3.05) is 33.4 Å². The van der Waals surface area contributed by atoms with Crippen molar-refractivity contribution in [1.29, 1.82) is 0 Å². The number of hydrogen-bond acceptors (Lipinski definition) is 4. The van der Waals surface area contributed by atoms with Crippen LogP contribution in [0.2, 0.25) is 0 Å². The van der Waals surface area contributed by atoms with E-state index >= 15 is 0 Å². The Morgan fingerprint density at radius 3 is 2.62 bits per heavy atom. The molecule has 0 saturated heterocycles. The third-order valence-corrected chi connectivity index (χ3v) is 5.42. The van der Waals surface area contributed by atoms with E-state index in [0.717, 1.165) is 24.6 Å². The Balaban J connectivity index is 1.65. The van der Waals surface area contributed by atoms with Gasteiger partial charge < -0.3 is 20.1 Å². The van der Waals surface area contributed by atoms with Gasteiger partial charge in [-0.05, 0) is 31.4 Å². The summed E-state index contributed by atoms with van der Waals surface area (Å²) in [6.07, 6.45) is 5.44. The summed E-state index contributed by atoms with van der Waals surface area (Å²) in [4.78, 5) is 9.10. The molecule has 6 nitrogen and oxygen atoms in total. The van der Waals surface area contributed by atoms with E-state index in [0.29, 0.717) is 25.6 Å². The Hall–Kier alpha value is -2.60. The molecule has 2 N–H and O–H groups in total. The summed E-state index contributed by atoms with van der Waals surface area (Å²) in [6.45, 7) is 5.29. The molecule has 156 valence electrons. The lowest BCUT2D eigenvalue weighted by atomic mass is 9.64. The molecule has 1 saturated carbocycles. The van der Waals surface area contributed by atoms with Crippen molar-refractivity contribution in [3.8, 4) is 5.88 Å². The highest BCUT2D eigenvalue weighted by Gasteiger charge is 2.38. The van der Waals surface area contributed by atoms with Gasteiger partial charge in [-0.15, -0.1) is 0 Å². The number of nitrogens with one attached hydrogen (secondary N) is 2. The van der Waals surface area contributed by atoms with Crippen molar-refractivity contribution in [2.45, 2.75) is 38.1 Å². The molecule has 1 aliphatic rings. The van der Waals surface area contributed by atoms with Crippen molar-refractivity contribution >= 4 is 5.96 Å². The highest BCUT2D eigenvalue weighted by molar-refractivity contribution is 5.80. The number of pyridine rings is 1. The first kappa shape index (κ1) is 21.1. The van der Waals surface area contributed by atoms with Crippen LogP contribution >= 0.6 is 0 Å². The third-order valence-electron chi connectivity index (χ3n) is 5.42. The lowest BCUT2D eigenvalue weighted by molar-refractivity contribution is 0.143. The summed E-state index contributed by atoms with van der Waals surface area (Å²) in [7, 11) is 1.66. The maximum absolute atomic E-state index is 5.72. The van der Waals surface area contributed by atoms with Crippen LogP contribution in [0.1, 0.15) is 37.3 Å². The number of aromatic nitrogens is 1. The summed E-state index contributed by atoms with van der Waals surface area (Å²) >= 11 is 0. The number of guanidine groups is 1. The molecule has 1 fully saturated rings. The molecule has 2 aromatic rings. The highest BCUT2D eigenvalue weighted by atomic mass is 16.5. The molecule has 1 heterocycles. The Morgan fingerprint density at radius 1 is 1.10 bits per heavy atom. The lowest BCUT2D eigenvalue weighted by Crippen LogP contribution is -2.48. The van der Waals surface area contributed by atoms with Crippen LogP contribution in [-0.2, 0) is 16.7 Å². The number of methoxy groups -OCH3 is 1. The zero-order valence-electron chi connectivity index (χ0n) is 17.5. The van der Waals surface area contributed by atoms with Crippen LogP contribution in [0.4, 0.5) is 0 Å². The van der Waals surface area contributed by atoms with E-state index in [1.54, 1.807) is 13.3 Å². The lowest BCUT2D eigenvalue weighted by Gasteiger charge is -2.43. The molecule has 29 heavy (non-hydrogen) atoms. The standard InChI is InChI=1S/C23H32N4O2/c1-3-24-22(26-17-19-9-7-14-25-21(19)29-16-15-28-2)27-18-23(12-8-13-23)20-10-5-4-6-11-20/h4-7,9-11,14H,3,8,12-13,15-18H2,1-2H3,(H2,24,26,27). The minimum absolute atomic E-state index is 0.209. The second-order valence-electron chi connectivity index (χ2n) is 7.36. The van der Waals surface area contributed by atoms with Gasteiger partial charge >= 0.3 is 0 Å². The van der Waals surface area contributed by atoms with E-state index in [1.165, 1.54) is 24.8 Å². The molecule has 1 aromatic carbocycles. The predicted molar refractivity (Wildman–Crippen MR) is 116 cm³/mol. The maximum atomic E-state index is 5.72. The van der Waals surface area contributed by atoms with Crippen molar-refractivity contribution in [1.82, 2.24) is 15.6 Å². The zero-order chi connectivity index (χ0) is 20.4. The molecule has 3 rings (SSSR count). The fourth-order valence-corrected chi connectivity index (χ4v) is 3.62.